The van der Waals surface area contributed by atoms with Crippen LogP contribution < -0.4 is 25.6 Å². The van der Waals surface area contributed by atoms with Crippen LogP contribution >= 0.6 is 0 Å². The lowest BCUT2D eigenvalue weighted by atomic mass is 10.2. The molecule has 9 heteroatoms. The van der Waals surface area contributed by atoms with Gasteiger partial charge in [-0.05, 0) is 30.3 Å². The van der Waals surface area contributed by atoms with Gasteiger partial charge >= 0.3 is 0 Å². The summed E-state index contributed by atoms with van der Waals surface area (Å²) in [6.07, 6.45) is 1.09. The van der Waals surface area contributed by atoms with Crippen molar-refractivity contribution < 1.29 is 18.3 Å². The van der Waals surface area contributed by atoms with Crippen LogP contribution in [0.15, 0.2) is 54.7 Å². The molecule has 1 aromatic heterocycles. The molecule has 1 amide bonds. The van der Waals surface area contributed by atoms with Gasteiger partial charge in [0.25, 0.3) is 5.91 Å². The van der Waals surface area contributed by atoms with Gasteiger partial charge in [-0.1, -0.05) is 0 Å². The molecule has 4 rings (SSSR count). The highest BCUT2D eigenvalue weighted by Gasteiger charge is 2.26. The second-order valence-electron chi connectivity index (χ2n) is 6.70. The van der Waals surface area contributed by atoms with E-state index in [9.17, 15) is 13.6 Å². The summed E-state index contributed by atoms with van der Waals surface area (Å²) in [5, 5.41) is 8.82. The molecule has 0 bridgehead atoms. The zero-order chi connectivity index (χ0) is 21.3. The van der Waals surface area contributed by atoms with Gasteiger partial charge in [0, 0.05) is 44.2 Å². The van der Waals surface area contributed by atoms with Crippen molar-refractivity contribution in [3.63, 3.8) is 0 Å². The van der Waals surface area contributed by atoms with Crippen molar-refractivity contribution in [1.82, 2.24) is 10.3 Å². The average molecular weight is 411 g/mol. The van der Waals surface area contributed by atoms with Gasteiger partial charge in [0.15, 0.2) is 6.29 Å². The Hall–Kier alpha value is -3.88. The molecule has 0 saturated carbocycles. The fraction of sp³-hybridized carbons (Fsp3) is 0.143. The number of hydrogen-bond donors (Lipinski definition) is 3. The van der Waals surface area contributed by atoms with Crippen molar-refractivity contribution in [3.8, 4) is 11.5 Å². The number of nitrogens with zero attached hydrogens (tertiary/aromatic N) is 2. The second-order valence-corrected chi connectivity index (χ2v) is 6.70. The maximum atomic E-state index is 13.5. The molecule has 30 heavy (non-hydrogen) atoms. The normalized spacial score (nSPS) is 14.7. The Morgan fingerprint density at radius 3 is 2.57 bits per heavy atom. The van der Waals surface area contributed by atoms with Gasteiger partial charge in [-0.15, -0.1) is 0 Å². The van der Waals surface area contributed by atoms with Crippen molar-refractivity contribution in [2.24, 2.45) is 0 Å². The van der Waals surface area contributed by atoms with Gasteiger partial charge in [0.1, 0.15) is 28.8 Å². The highest BCUT2D eigenvalue weighted by Crippen LogP contribution is 2.38. The average Bonchev–Trinajstić information content (AvgIpc) is 3.02. The lowest BCUT2D eigenvalue weighted by Gasteiger charge is -2.24. The molecule has 1 unspecified atom stereocenters. The molecule has 1 aliphatic heterocycles. The lowest BCUT2D eigenvalue weighted by molar-refractivity contribution is 0.0958. The maximum Gasteiger partial charge on any atom is 0.269 e. The van der Waals surface area contributed by atoms with Crippen LogP contribution in [0.3, 0.4) is 0 Å². The number of ether oxygens (including phenoxy) is 1. The van der Waals surface area contributed by atoms with E-state index in [1.165, 1.54) is 25.4 Å². The van der Waals surface area contributed by atoms with Crippen molar-refractivity contribution >= 4 is 23.0 Å². The van der Waals surface area contributed by atoms with Crippen molar-refractivity contribution in [1.29, 1.82) is 0 Å². The Bertz CT molecular complexity index is 1090. The summed E-state index contributed by atoms with van der Waals surface area (Å²) in [6, 6.07) is 11.9. The molecule has 0 radical (unpaired) electrons. The number of hydrogen-bond acceptors (Lipinski definition) is 6. The summed E-state index contributed by atoms with van der Waals surface area (Å²) in [5.41, 5.74) is 2.24. The molecule has 154 valence electrons. The van der Waals surface area contributed by atoms with Gasteiger partial charge < -0.3 is 25.6 Å². The van der Waals surface area contributed by atoms with E-state index < -0.39 is 17.9 Å². The van der Waals surface area contributed by atoms with Crippen LogP contribution in [-0.4, -0.2) is 31.3 Å². The number of carbonyl (C=O) groups is 1. The number of benzene rings is 2. The first kappa shape index (κ1) is 19.4. The van der Waals surface area contributed by atoms with Crippen molar-refractivity contribution in [2.75, 3.05) is 29.6 Å². The zero-order valence-electron chi connectivity index (χ0n) is 16.2. The summed E-state index contributed by atoms with van der Waals surface area (Å²) >= 11 is 0. The maximum absolute atomic E-state index is 13.5. The van der Waals surface area contributed by atoms with E-state index >= 15 is 0 Å². The number of aromatic nitrogens is 1. The summed E-state index contributed by atoms with van der Waals surface area (Å²) < 4.78 is 32.8. The van der Waals surface area contributed by atoms with Crippen LogP contribution in [0.5, 0.6) is 11.5 Å². The van der Waals surface area contributed by atoms with Gasteiger partial charge in [0.05, 0.1) is 11.4 Å². The van der Waals surface area contributed by atoms with Gasteiger partial charge in [-0.25, -0.2) is 8.78 Å². The molecule has 2 heterocycles. The standard InChI is InChI=1S/C21H19F2N5O2/c1-24-20(29)18-10-16(5-6-25-18)30-15-3-4-17-19(11-15)28(2)21(27-17)26-14-8-12(22)7-13(23)9-14/h3-11,21,26-27H,1-2H3,(H,24,29). The predicted octanol–water partition coefficient (Wildman–Crippen LogP) is 3.77. The molecule has 3 aromatic rings. The topological polar surface area (TPSA) is 78.5 Å². The molecular formula is C21H19F2N5O2. The Kier molecular flexibility index (Phi) is 5.09. The first-order valence-corrected chi connectivity index (χ1v) is 9.15. The van der Waals surface area contributed by atoms with Crippen LogP contribution in [0.2, 0.25) is 0 Å². The molecule has 3 N–H and O–H groups in total. The van der Waals surface area contributed by atoms with Gasteiger partial charge in [-0.3, -0.25) is 9.78 Å². The highest BCUT2D eigenvalue weighted by atomic mass is 19.1. The van der Waals surface area contributed by atoms with Gasteiger partial charge in [-0.2, -0.15) is 0 Å². The largest absolute Gasteiger partial charge is 0.457 e. The van der Waals surface area contributed by atoms with Crippen molar-refractivity contribution in [3.05, 3.63) is 72.1 Å². The smallest absolute Gasteiger partial charge is 0.269 e. The minimum Gasteiger partial charge on any atom is -0.457 e. The minimum atomic E-state index is -0.653. The molecule has 7 nitrogen and oxygen atoms in total. The Balaban J connectivity index is 1.51. The van der Waals surface area contributed by atoms with Crippen LogP contribution in [0, 0.1) is 11.6 Å². The molecule has 0 spiro atoms. The number of halogens is 2. The Labute approximate surface area is 171 Å². The molecule has 1 aliphatic rings. The fourth-order valence-electron chi connectivity index (χ4n) is 3.16. The zero-order valence-corrected chi connectivity index (χ0v) is 16.2. The van der Waals surface area contributed by atoms with Crippen molar-refractivity contribution in [2.45, 2.75) is 6.29 Å². The van der Waals surface area contributed by atoms with E-state index in [-0.39, 0.29) is 11.6 Å². The van der Waals surface area contributed by atoms with Crippen LogP contribution in [0.25, 0.3) is 0 Å². The van der Waals surface area contributed by atoms with Crippen LogP contribution in [0.4, 0.5) is 25.8 Å². The third-order valence-electron chi connectivity index (χ3n) is 4.62. The molecule has 0 fully saturated rings. The number of pyridine rings is 1. The van der Waals surface area contributed by atoms with E-state index in [2.05, 4.69) is 20.9 Å². The van der Waals surface area contributed by atoms with E-state index in [1.807, 2.05) is 24.1 Å². The Morgan fingerprint density at radius 2 is 1.83 bits per heavy atom. The number of nitrogens with one attached hydrogen (secondary N) is 3. The molecule has 0 aliphatic carbocycles. The van der Waals surface area contributed by atoms with Gasteiger partial charge in [0.2, 0.25) is 0 Å². The molecule has 0 saturated heterocycles. The number of carbonyl (C=O) groups excluding carboxylic acids is 1. The molecule has 2 aromatic carbocycles. The summed E-state index contributed by atoms with van der Waals surface area (Å²) in [6.45, 7) is 0. The van der Waals surface area contributed by atoms with Crippen LogP contribution in [0.1, 0.15) is 10.5 Å². The van der Waals surface area contributed by atoms with E-state index in [0.29, 0.717) is 17.2 Å². The summed E-state index contributed by atoms with van der Waals surface area (Å²) in [5.74, 6) is -0.573. The number of anilines is 3. The van der Waals surface area contributed by atoms with E-state index in [1.54, 1.807) is 18.2 Å². The first-order chi connectivity index (χ1) is 14.4. The lowest BCUT2D eigenvalue weighted by Crippen LogP contribution is -2.39. The summed E-state index contributed by atoms with van der Waals surface area (Å²) in [7, 11) is 3.37. The number of fused-ring (bicyclic) bond motifs is 1. The highest BCUT2D eigenvalue weighted by molar-refractivity contribution is 5.92. The SMILES string of the molecule is CNC(=O)c1cc(Oc2ccc3c(c2)N(C)C(Nc2cc(F)cc(F)c2)N3)ccn1. The van der Waals surface area contributed by atoms with Crippen LogP contribution in [-0.2, 0) is 0 Å². The number of amides is 1. The fourth-order valence-corrected chi connectivity index (χ4v) is 3.16. The number of rotatable bonds is 5. The molecule has 1 atom stereocenters. The summed E-state index contributed by atoms with van der Waals surface area (Å²) in [4.78, 5) is 17.6. The predicted molar refractivity (Wildman–Crippen MR) is 110 cm³/mol. The second kappa shape index (κ2) is 7.86. The minimum absolute atomic E-state index is 0.251. The third-order valence-corrected chi connectivity index (χ3v) is 4.62. The quantitative estimate of drug-likeness (QED) is 0.593. The van der Waals surface area contributed by atoms with E-state index in [4.69, 9.17) is 4.74 Å². The molecular weight excluding hydrogens is 392 g/mol. The third kappa shape index (κ3) is 3.95. The Morgan fingerprint density at radius 1 is 1.10 bits per heavy atom. The first-order valence-electron chi connectivity index (χ1n) is 9.15. The van der Waals surface area contributed by atoms with E-state index in [0.717, 1.165) is 17.4 Å². The monoisotopic (exact) mass is 411 g/mol.